The van der Waals surface area contributed by atoms with Gasteiger partial charge in [0.15, 0.2) is 0 Å². The first-order valence-electron chi connectivity index (χ1n) is 6.65. The molecular weight excluding hydrogens is 256 g/mol. The van der Waals surface area contributed by atoms with Gasteiger partial charge >= 0.3 is 0 Å². The third-order valence-corrected chi connectivity index (χ3v) is 4.22. The number of thioether (sulfide) groups is 1. The fourth-order valence-corrected chi connectivity index (χ4v) is 3.21. The van der Waals surface area contributed by atoms with Crippen LogP contribution in [0.25, 0.3) is 5.69 Å². The topological polar surface area (TPSA) is 38.1 Å². The van der Waals surface area contributed by atoms with Crippen LogP contribution in [0.15, 0.2) is 35.4 Å². The minimum absolute atomic E-state index is 0.0487. The highest BCUT2D eigenvalue weighted by molar-refractivity contribution is 7.99. The summed E-state index contributed by atoms with van der Waals surface area (Å²) in [7, 11) is 0. The van der Waals surface area contributed by atoms with Gasteiger partial charge in [0.05, 0.1) is 18.0 Å². The molecular formula is C15H20N2OS. The number of aliphatic hydroxyl groups excluding tert-OH is 1. The van der Waals surface area contributed by atoms with Crippen LogP contribution in [-0.4, -0.2) is 20.6 Å². The molecule has 1 heterocycles. The van der Waals surface area contributed by atoms with Crippen LogP contribution in [0.5, 0.6) is 0 Å². The fraction of sp³-hybridized carbons (Fsp3) is 0.400. The highest BCUT2D eigenvalue weighted by Crippen LogP contribution is 2.29. The molecule has 0 amide bonds. The van der Waals surface area contributed by atoms with Crippen molar-refractivity contribution in [3.05, 3.63) is 41.6 Å². The minimum Gasteiger partial charge on any atom is -0.392 e. The van der Waals surface area contributed by atoms with Gasteiger partial charge in [-0.3, -0.25) is 0 Å². The van der Waals surface area contributed by atoms with Crippen LogP contribution in [0, 0.1) is 6.92 Å². The van der Waals surface area contributed by atoms with Crippen molar-refractivity contribution in [1.82, 2.24) is 9.78 Å². The van der Waals surface area contributed by atoms with E-state index in [0.717, 1.165) is 27.7 Å². The zero-order chi connectivity index (χ0) is 13.7. The maximum absolute atomic E-state index is 9.55. The van der Waals surface area contributed by atoms with E-state index in [1.807, 2.05) is 41.9 Å². The van der Waals surface area contributed by atoms with Crippen LogP contribution in [-0.2, 0) is 6.61 Å². The van der Waals surface area contributed by atoms with E-state index in [0.29, 0.717) is 0 Å². The predicted molar refractivity (Wildman–Crippen MR) is 79.9 cm³/mol. The smallest absolute Gasteiger partial charge is 0.106 e. The lowest BCUT2D eigenvalue weighted by atomic mass is 10.3. The molecule has 2 rings (SSSR count). The Morgan fingerprint density at radius 1 is 1.26 bits per heavy atom. The molecule has 0 atom stereocenters. The summed E-state index contributed by atoms with van der Waals surface area (Å²) < 4.78 is 1.95. The number of hydrogen-bond donors (Lipinski definition) is 1. The number of aliphatic hydroxyl groups is 1. The Bertz CT molecular complexity index is 522. The number of benzene rings is 1. The Kier molecular flexibility index (Phi) is 5.05. The largest absolute Gasteiger partial charge is 0.392 e. The highest BCUT2D eigenvalue weighted by atomic mass is 32.2. The van der Waals surface area contributed by atoms with Crippen LogP contribution in [0.2, 0.25) is 0 Å². The molecule has 0 aliphatic heterocycles. The molecule has 3 nitrogen and oxygen atoms in total. The number of aryl methyl sites for hydroxylation is 1. The van der Waals surface area contributed by atoms with E-state index in [4.69, 9.17) is 0 Å². The molecule has 2 aromatic rings. The first kappa shape index (κ1) is 14.2. The minimum atomic E-state index is 0.0487. The quantitative estimate of drug-likeness (QED) is 0.647. The number of nitrogens with zero attached hydrogens (tertiary/aromatic N) is 2. The van der Waals surface area contributed by atoms with E-state index < -0.39 is 0 Å². The van der Waals surface area contributed by atoms with Crippen molar-refractivity contribution >= 4 is 11.8 Å². The van der Waals surface area contributed by atoms with Gasteiger partial charge in [0.2, 0.25) is 0 Å². The Morgan fingerprint density at radius 2 is 2.00 bits per heavy atom. The molecule has 0 fully saturated rings. The molecule has 0 radical (unpaired) electrons. The zero-order valence-corrected chi connectivity index (χ0v) is 12.3. The van der Waals surface area contributed by atoms with Crippen LogP contribution < -0.4 is 0 Å². The molecule has 1 aromatic carbocycles. The van der Waals surface area contributed by atoms with Crippen LogP contribution in [0.3, 0.4) is 0 Å². The van der Waals surface area contributed by atoms with Crippen LogP contribution in [0.4, 0.5) is 0 Å². The summed E-state index contributed by atoms with van der Waals surface area (Å²) in [6.45, 7) is 4.19. The Morgan fingerprint density at radius 3 is 2.63 bits per heavy atom. The van der Waals surface area contributed by atoms with Gasteiger partial charge in [-0.1, -0.05) is 31.5 Å². The molecule has 0 aliphatic carbocycles. The van der Waals surface area contributed by atoms with Crippen molar-refractivity contribution in [1.29, 1.82) is 0 Å². The predicted octanol–water partition coefficient (Wildman–Crippen LogP) is 3.57. The summed E-state index contributed by atoms with van der Waals surface area (Å²) >= 11 is 1.78. The maximum Gasteiger partial charge on any atom is 0.106 e. The second kappa shape index (κ2) is 6.78. The van der Waals surface area contributed by atoms with Crippen molar-refractivity contribution in [2.24, 2.45) is 0 Å². The second-order valence-corrected chi connectivity index (χ2v) is 5.56. The van der Waals surface area contributed by atoms with Gasteiger partial charge in [-0.2, -0.15) is 5.10 Å². The van der Waals surface area contributed by atoms with Crippen LogP contribution in [0.1, 0.15) is 31.0 Å². The van der Waals surface area contributed by atoms with Gasteiger partial charge in [-0.05, 0) is 31.2 Å². The fourth-order valence-electron chi connectivity index (χ4n) is 1.93. The lowest BCUT2D eigenvalue weighted by Crippen LogP contribution is -1.99. The molecule has 102 valence electrons. The zero-order valence-electron chi connectivity index (χ0n) is 11.5. The van der Waals surface area contributed by atoms with Gasteiger partial charge in [-0.25, -0.2) is 4.68 Å². The van der Waals surface area contributed by atoms with Gasteiger partial charge in [0.25, 0.3) is 0 Å². The SMILES string of the molecule is CCCCSc1c(CO)c(C)nn1-c1ccccc1. The van der Waals surface area contributed by atoms with E-state index >= 15 is 0 Å². The summed E-state index contributed by atoms with van der Waals surface area (Å²) in [6.07, 6.45) is 2.36. The first-order valence-corrected chi connectivity index (χ1v) is 7.64. The first-order chi connectivity index (χ1) is 9.27. The molecule has 0 aliphatic rings. The third-order valence-electron chi connectivity index (χ3n) is 3.03. The van der Waals surface area contributed by atoms with E-state index in [1.165, 1.54) is 12.8 Å². The van der Waals surface area contributed by atoms with Gasteiger partial charge < -0.3 is 5.11 Å². The molecule has 0 bridgehead atoms. The number of aromatic nitrogens is 2. The lowest BCUT2D eigenvalue weighted by molar-refractivity contribution is 0.278. The average Bonchev–Trinajstić information content (AvgIpc) is 2.76. The van der Waals surface area contributed by atoms with E-state index in [1.54, 1.807) is 11.8 Å². The van der Waals surface area contributed by atoms with E-state index in [9.17, 15) is 5.11 Å². The Hall–Kier alpha value is -1.26. The summed E-state index contributed by atoms with van der Waals surface area (Å²) in [5, 5.41) is 15.2. The third kappa shape index (κ3) is 3.19. The van der Waals surface area contributed by atoms with Crippen LogP contribution >= 0.6 is 11.8 Å². The van der Waals surface area contributed by atoms with Crippen molar-refractivity contribution in [2.45, 2.75) is 38.3 Å². The number of para-hydroxylation sites is 1. The van der Waals surface area contributed by atoms with Crippen molar-refractivity contribution in [3.8, 4) is 5.69 Å². The van der Waals surface area contributed by atoms with Crippen molar-refractivity contribution in [2.75, 3.05) is 5.75 Å². The number of rotatable bonds is 6. The van der Waals surface area contributed by atoms with E-state index in [-0.39, 0.29) is 6.61 Å². The average molecular weight is 276 g/mol. The maximum atomic E-state index is 9.55. The lowest BCUT2D eigenvalue weighted by Gasteiger charge is -2.08. The molecule has 0 saturated heterocycles. The molecule has 0 unspecified atom stereocenters. The molecule has 1 N–H and O–H groups in total. The molecule has 0 saturated carbocycles. The molecule has 4 heteroatoms. The summed E-state index contributed by atoms with van der Waals surface area (Å²) in [5.41, 5.74) is 2.90. The number of hydrogen-bond acceptors (Lipinski definition) is 3. The Balaban J connectivity index is 2.37. The normalized spacial score (nSPS) is 10.9. The Labute approximate surface area is 118 Å². The van der Waals surface area contributed by atoms with Gasteiger partial charge in [0, 0.05) is 5.56 Å². The summed E-state index contributed by atoms with van der Waals surface area (Å²) in [5.74, 6) is 1.06. The van der Waals surface area contributed by atoms with Gasteiger partial charge in [-0.15, -0.1) is 11.8 Å². The van der Waals surface area contributed by atoms with E-state index in [2.05, 4.69) is 12.0 Å². The number of unbranched alkanes of at least 4 members (excludes halogenated alkanes) is 1. The highest BCUT2D eigenvalue weighted by Gasteiger charge is 2.15. The molecule has 0 spiro atoms. The molecule has 1 aromatic heterocycles. The summed E-state index contributed by atoms with van der Waals surface area (Å²) in [4.78, 5) is 0. The van der Waals surface area contributed by atoms with Gasteiger partial charge in [0.1, 0.15) is 5.03 Å². The van der Waals surface area contributed by atoms with Crippen molar-refractivity contribution < 1.29 is 5.11 Å². The second-order valence-electron chi connectivity index (χ2n) is 4.48. The molecule has 19 heavy (non-hydrogen) atoms. The monoisotopic (exact) mass is 276 g/mol. The van der Waals surface area contributed by atoms with Crippen molar-refractivity contribution in [3.63, 3.8) is 0 Å². The standard InChI is InChI=1S/C15H20N2OS/c1-3-4-10-19-15-14(11-18)12(2)16-17(15)13-8-6-5-7-9-13/h5-9,18H,3-4,10-11H2,1-2H3. The summed E-state index contributed by atoms with van der Waals surface area (Å²) in [6, 6.07) is 10.1.